The minimum atomic E-state index is -0.393. The summed E-state index contributed by atoms with van der Waals surface area (Å²) in [5.41, 5.74) is 10.1. The molecular weight excluding hydrogens is 775 g/mol. The van der Waals surface area contributed by atoms with Crippen LogP contribution in [0.4, 0.5) is 5.69 Å². The fourth-order valence-corrected chi connectivity index (χ4v) is 6.53. The van der Waals surface area contributed by atoms with Crippen LogP contribution in [0.15, 0.2) is 182 Å². The summed E-state index contributed by atoms with van der Waals surface area (Å²) >= 11 is 0. The number of aromatic amines is 3. The second-order valence-corrected chi connectivity index (χ2v) is 13.8. The highest BCUT2D eigenvalue weighted by Crippen LogP contribution is 2.28. The molecule has 62 heavy (non-hydrogen) atoms. The molecule has 0 atom stereocenters. The Bertz CT molecular complexity index is 2800. The molecule has 0 radical (unpaired) electrons. The topological polar surface area (TPSA) is 162 Å². The molecule has 3 heterocycles. The van der Waals surface area contributed by atoms with Gasteiger partial charge in [-0.15, -0.1) is 0 Å². The minimum absolute atomic E-state index is 0.0515. The van der Waals surface area contributed by atoms with Crippen molar-refractivity contribution in [3.05, 3.63) is 194 Å². The number of nitrogens with one attached hydrogen (secondary N) is 4. The van der Waals surface area contributed by atoms with Crippen molar-refractivity contribution in [2.45, 2.75) is 20.5 Å². The molecule has 6 aromatic carbocycles. The van der Waals surface area contributed by atoms with Crippen LogP contribution in [0.5, 0.6) is 0 Å². The van der Waals surface area contributed by atoms with E-state index in [2.05, 4.69) is 35.2 Å². The van der Waals surface area contributed by atoms with E-state index in [0.29, 0.717) is 23.8 Å². The Balaban J connectivity index is 0.000000140. The van der Waals surface area contributed by atoms with Gasteiger partial charge in [0.15, 0.2) is 5.69 Å². The lowest BCUT2D eigenvalue weighted by molar-refractivity contribution is -0.114. The molecule has 9 aromatic rings. The molecule has 1 amide bonds. The van der Waals surface area contributed by atoms with Crippen molar-refractivity contribution >= 4 is 17.6 Å². The van der Waals surface area contributed by atoms with Crippen molar-refractivity contribution in [2.24, 2.45) is 0 Å². The van der Waals surface area contributed by atoms with Crippen molar-refractivity contribution in [2.75, 3.05) is 11.9 Å². The van der Waals surface area contributed by atoms with Gasteiger partial charge in [0.2, 0.25) is 5.91 Å². The predicted octanol–water partition coefficient (Wildman–Crippen LogP) is 10.9. The maximum Gasteiger partial charge on any atom is 0.357 e. The molecule has 0 saturated carbocycles. The zero-order chi connectivity index (χ0) is 43.1. The second-order valence-electron chi connectivity index (χ2n) is 13.8. The van der Waals surface area contributed by atoms with E-state index >= 15 is 0 Å². The molecule has 0 fully saturated rings. The van der Waals surface area contributed by atoms with E-state index < -0.39 is 5.97 Å². The number of amides is 1. The van der Waals surface area contributed by atoms with Crippen LogP contribution in [-0.4, -0.2) is 53.5 Å². The Kier molecular flexibility index (Phi) is 14.0. The van der Waals surface area contributed by atoms with Crippen LogP contribution in [0.2, 0.25) is 0 Å². The molecule has 0 aliphatic rings. The van der Waals surface area contributed by atoms with Crippen LogP contribution in [0.3, 0.4) is 0 Å². The zero-order valence-corrected chi connectivity index (χ0v) is 34.2. The minimum Gasteiger partial charge on any atom is -0.461 e. The van der Waals surface area contributed by atoms with E-state index in [1.165, 1.54) is 6.92 Å². The average molecular weight is 820 g/mol. The number of carbonyl (C=O) groups is 2. The summed E-state index contributed by atoms with van der Waals surface area (Å²) in [5, 5.41) is 12.2. The zero-order valence-electron chi connectivity index (χ0n) is 34.2. The van der Waals surface area contributed by atoms with Gasteiger partial charge < -0.3 is 30.1 Å². The first kappa shape index (κ1) is 42.0. The number of aliphatic hydroxyl groups is 1. The summed E-state index contributed by atoms with van der Waals surface area (Å²) in [5.74, 6) is 1.79. The molecular formula is C51H45N7O4. The van der Waals surface area contributed by atoms with Crippen molar-refractivity contribution in [3.8, 4) is 67.9 Å². The van der Waals surface area contributed by atoms with Gasteiger partial charge in [-0.1, -0.05) is 164 Å². The number of hydrogen-bond donors (Lipinski definition) is 5. The van der Waals surface area contributed by atoms with Crippen LogP contribution < -0.4 is 5.32 Å². The molecule has 0 saturated heterocycles. The summed E-state index contributed by atoms with van der Waals surface area (Å²) in [4.78, 5) is 46.5. The number of imidazole rings is 3. The van der Waals surface area contributed by atoms with Crippen LogP contribution >= 0.6 is 0 Å². The first-order valence-electron chi connectivity index (χ1n) is 20.1. The number of H-pyrrole nitrogens is 3. The van der Waals surface area contributed by atoms with E-state index in [9.17, 15) is 14.7 Å². The maximum absolute atomic E-state index is 12.2. The number of aromatic nitrogens is 6. The second kappa shape index (κ2) is 20.7. The molecule has 308 valence electrons. The third-order valence-electron chi connectivity index (χ3n) is 9.43. The standard InChI is InChI=1S/C18H16N2O2.C17H15N3O.C16H14N2O/c1-2-22-18(21)16-15(13-9-5-3-6-10-13)19-17(20-16)14-11-7-4-8-12-14;1-12(21)19-15-9-5-8-14(10-15)16-11-18-17(20-16)13-6-3-2-4-7-13;19-11-14-15(12-7-3-1-4-8-12)18-16(17-14)13-9-5-2-6-10-13/h3-12H,2H2,1H3,(H,19,20);2-11H,1H3,(H,18,20)(H,19,21);1-10,19H,11H2,(H,17,18). The average Bonchev–Trinajstić information content (AvgIpc) is 4.11. The van der Waals surface area contributed by atoms with Crippen molar-refractivity contribution in [1.29, 1.82) is 0 Å². The fraction of sp³-hybridized carbons (Fsp3) is 0.0784. The number of anilines is 1. The molecule has 11 heteroatoms. The predicted molar refractivity (Wildman–Crippen MR) is 245 cm³/mol. The molecule has 0 unspecified atom stereocenters. The Morgan fingerprint density at radius 1 is 0.565 bits per heavy atom. The Morgan fingerprint density at radius 3 is 1.55 bits per heavy atom. The fourth-order valence-electron chi connectivity index (χ4n) is 6.53. The highest BCUT2D eigenvalue weighted by Gasteiger charge is 2.20. The normalized spacial score (nSPS) is 10.4. The Hall–Kier alpha value is -8.15. The van der Waals surface area contributed by atoms with Crippen molar-refractivity contribution in [3.63, 3.8) is 0 Å². The quantitative estimate of drug-likeness (QED) is 0.0858. The number of ether oxygens (including phenoxy) is 1. The monoisotopic (exact) mass is 819 g/mol. The number of carbonyl (C=O) groups excluding carboxylic acids is 2. The highest BCUT2D eigenvalue weighted by molar-refractivity contribution is 5.95. The van der Waals surface area contributed by atoms with E-state index in [4.69, 9.17) is 4.74 Å². The Labute approximate surface area is 359 Å². The molecule has 0 aliphatic carbocycles. The molecule has 11 nitrogen and oxygen atoms in total. The summed E-state index contributed by atoms with van der Waals surface area (Å²) in [7, 11) is 0. The maximum atomic E-state index is 12.2. The summed E-state index contributed by atoms with van der Waals surface area (Å²) in [6.45, 7) is 3.56. The summed E-state index contributed by atoms with van der Waals surface area (Å²) < 4.78 is 5.13. The molecule has 5 N–H and O–H groups in total. The number of nitrogens with zero attached hydrogens (tertiary/aromatic N) is 3. The van der Waals surface area contributed by atoms with E-state index in [1.54, 1.807) is 13.1 Å². The number of hydrogen-bond acceptors (Lipinski definition) is 7. The third kappa shape index (κ3) is 10.7. The largest absolute Gasteiger partial charge is 0.461 e. The van der Waals surface area contributed by atoms with Gasteiger partial charge in [-0.05, 0) is 19.1 Å². The summed E-state index contributed by atoms with van der Waals surface area (Å²) in [6, 6.07) is 56.7. The lowest BCUT2D eigenvalue weighted by Gasteiger charge is -2.04. The Morgan fingerprint density at radius 2 is 1.03 bits per heavy atom. The molecule has 9 rings (SSSR count). The van der Waals surface area contributed by atoms with Crippen LogP contribution in [0.1, 0.15) is 30.0 Å². The number of esters is 1. The van der Waals surface area contributed by atoms with E-state index in [0.717, 1.165) is 67.8 Å². The van der Waals surface area contributed by atoms with Crippen LogP contribution in [-0.2, 0) is 16.1 Å². The van der Waals surface area contributed by atoms with Gasteiger partial charge in [-0.3, -0.25) is 4.79 Å². The molecule has 0 spiro atoms. The SMILES string of the molecule is CC(=O)Nc1cccc(-c2cnc(-c3ccccc3)[nH]2)c1.CCOC(=O)c1[nH]c(-c2ccccc2)nc1-c1ccccc1.OCc1[nH]c(-c2ccccc2)nc1-c1ccccc1. The number of rotatable bonds is 10. The molecule has 0 aliphatic heterocycles. The molecule has 0 bridgehead atoms. The first-order valence-corrected chi connectivity index (χ1v) is 20.1. The van der Waals surface area contributed by atoms with E-state index in [1.807, 2.05) is 176 Å². The summed E-state index contributed by atoms with van der Waals surface area (Å²) in [6.07, 6.45) is 1.80. The van der Waals surface area contributed by atoms with Gasteiger partial charge in [-0.25, -0.2) is 19.7 Å². The lowest BCUT2D eigenvalue weighted by atomic mass is 10.1. The number of aliphatic hydroxyl groups excluding tert-OH is 1. The van der Waals surface area contributed by atoms with Gasteiger partial charge >= 0.3 is 5.97 Å². The van der Waals surface area contributed by atoms with Gasteiger partial charge in [0, 0.05) is 46.0 Å². The van der Waals surface area contributed by atoms with Crippen molar-refractivity contribution < 1.29 is 19.4 Å². The van der Waals surface area contributed by atoms with Gasteiger partial charge in [0.25, 0.3) is 0 Å². The third-order valence-corrected chi connectivity index (χ3v) is 9.43. The first-order chi connectivity index (χ1) is 30.4. The van der Waals surface area contributed by atoms with Crippen LogP contribution in [0.25, 0.3) is 67.9 Å². The molecule has 3 aromatic heterocycles. The lowest BCUT2D eigenvalue weighted by Crippen LogP contribution is -2.06. The van der Waals surface area contributed by atoms with Gasteiger partial charge in [0.1, 0.15) is 23.2 Å². The smallest absolute Gasteiger partial charge is 0.357 e. The number of benzene rings is 6. The van der Waals surface area contributed by atoms with Crippen LogP contribution in [0, 0.1) is 0 Å². The highest BCUT2D eigenvalue weighted by atomic mass is 16.5. The van der Waals surface area contributed by atoms with E-state index in [-0.39, 0.29) is 12.5 Å². The van der Waals surface area contributed by atoms with Crippen molar-refractivity contribution in [1.82, 2.24) is 29.9 Å². The van der Waals surface area contributed by atoms with Gasteiger partial charge in [0.05, 0.1) is 36.5 Å². The van der Waals surface area contributed by atoms with Gasteiger partial charge in [-0.2, -0.15) is 0 Å².